The summed E-state index contributed by atoms with van der Waals surface area (Å²) in [7, 11) is 1.61. The normalized spacial score (nSPS) is 12.2. The Hall–Kier alpha value is -1.62. The zero-order chi connectivity index (χ0) is 13.8. The van der Waals surface area contributed by atoms with E-state index in [0.29, 0.717) is 10.8 Å². The molecule has 19 heavy (non-hydrogen) atoms. The Morgan fingerprint density at radius 1 is 1.37 bits per heavy atom. The number of nitrogens with two attached hydrogens (primary N) is 1. The van der Waals surface area contributed by atoms with Gasteiger partial charge in [-0.1, -0.05) is 17.7 Å². The second kappa shape index (κ2) is 6.02. The standard InChI is InChI=1S/C14H16ClN3O/c1-9-6-10(8-11(15)7-9)13(18-16)14-12(19-2)4-3-5-17-14/h3-8,13,18H,16H2,1-2H3. The number of aromatic nitrogens is 1. The van der Waals surface area contributed by atoms with Gasteiger partial charge in [-0.2, -0.15) is 0 Å². The molecule has 0 saturated heterocycles. The minimum atomic E-state index is -0.270. The third kappa shape index (κ3) is 3.04. The molecule has 1 atom stereocenters. The van der Waals surface area contributed by atoms with E-state index in [4.69, 9.17) is 22.2 Å². The summed E-state index contributed by atoms with van der Waals surface area (Å²) in [5, 5.41) is 0.671. The number of nitrogens with zero attached hydrogens (tertiary/aromatic N) is 1. The van der Waals surface area contributed by atoms with Gasteiger partial charge in [0.25, 0.3) is 0 Å². The number of ether oxygens (including phenoxy) is 1. The summed E-state index contributed by atoms with van der Waals surface area (Å²) >= 11 is 6.09. The number of hydrazine groups is 1. The molecule has 0 aliphatic carbocycles. The number of methoxy groups -OCH3 is 1. The van der Waals surface area contributed by atoms with Crippen LogP contribution in [0.4, 0.5) is 0 Å². The molecular weight excluding hydrogens is 262 g/mol. The lowest BCUT2D eigenvalue weighted by Crippen LogP contribution is -2.30. The molecule has 1 unspecified atom stereocenters. The highest BCUT2D eigenvalue weighted by Crippen LogP contribution is 2.29. The van der Waals surface area contributed by atoms with E-state index in [2.05, 4.69) is 10.4 Å². The first-order valence-corrected chi connectivity index (χ1v) is 6.25. The topological polar surface area (TPSA) is 60.2 Å². The lowest BCUT2D eigenvalue weighted by atomic mass is 10.0. The predicted octanol–water partition coefficient (Wildman–Crippen LogP) is 2.60. The van der Waals surface area contributed by atoms with Crippen LogP contribution in [-0.4, -0.2) is 12.1 Å². The summed E-state index contributed by atoms with van der Waals surface area (Å²) in [4.78, 5) is 4.35. The number of hydrogen-bond acceptors (Lipinski definition) is 4. The van der Waals surface area contributed by atoms with Crippen molar-refractivity contribution in [2.24, 2.45) is 5.84 Å². The van der Waals surface area contributed by atoms with Gasteiger partial charge < -0.3 is 4.74 Å². The van der Waals surface area contributed by atoms with Crippen molar-refractivity contribution in [3.8, 4) is 5.75 Å². The first-order chi connectivity index (χ1) is 9.15. The number of pyridine rings is 1. The SMILES string of the molecule is COc1cccnc1C(NN)c1cc(C)cc(Cl)c1. The number of rotatable bonds is 4. The summed E-state index contributed by atoms with van der Waals surface area (Å²) in [6, 6.07) is 9.18. The third-order valence-electron chi connectivity index (χ3n) is 2.86. The number of hydrogen-bond donors (Lipinski definition) is 2. The molecule has 100 valence electrons. The van der Waals surface area contributed by atoms with Gasteiger partial charge in [0.05, 0.1) is 13.2 Å². The van der Waals surface area contributed by atoms with Gasteiger partial charge in [0.1, 0.15) is 11.4 Å². The van der Waals surface area contributed by atoms with E-state index in [1.165, 1.54) is 0 Å². The summed E-state index contributed by atoms with van der Waals surface area (Å²) in [5.41, 5.74) is 5.51. The average molecular weight is 278 g/mol. The maximum absolute atomic E-state index is 6.09. The minimum Gasteiger partial charge on any atom is -0.495 e. The maximum atomic E-state index is 6.09. The fraction of sp³-hybridized carbons (Fsp3) is 0.214. The van der Waals surface area contributed by atoms with Crippen molar-refractivity contribution in [3.05, 3.63) is 58.4 Å². The van der Waals surface area contributed by atoms with Crippen LogP contribution in [0.5, 0.6) is 5.75 Å². The van der Waals surface area contributed by atoms with Crippen molar-refractivity contribution in [2.75, 3.05) is 7.11 Å². The van der Waals surface area contributed by atoms with Crippen LogP contribution >= 0.6 is 11.6 Å². The fourth-order valence-electron chi connectivity index (χ4n) is 2.06. The minimum absolute atomic E-state index is 0.270. The largest absolute Gasteiger partial charge is 0.495 e. The lowest BCUT2D eigenvalue weighted by Gasteiger charge is -2.19. The quantitative estimate of drug-likeness (QED) is 0.666. The molecule has 4 nitrogen and oxygen atoms in total. The molecule has 5 heteroatoms. The van der Waals surface area contributed by atoms with Crippen molar-refractivity contribution in [3.63, 3.8) is 0 Å². The summed E-state index contributed by atoms with van der Waals surface area (Å²) in [6.07, 6.45) is 1.71. The highest BCUT2D eigenvalue weighted by atomic mass is 35.5. The van der Waals surface area contributed by atoms with Crippen LogP contribution < -0.4 is 16.0 Å². The third-order valence-corrected chi connectivity index (χ3v) is 3.08. The second-order valence-corrected chi connectivity index (χ2v) is 4.69. The predicted molar refractivity (Wildman–Crippen MR) is 76.1 cm³/mol. The summed E-state index contributed by atoms with van der Waals surface area (Å²) in [5.74, 6) is 6.36. The van der Waals surface area contributed by atoms with Crippen LogP contribution in [0.1, 0.15) is 22.9 Å². The van der Waals surface area contributed by atoms with Crippen LogP contribution in [0.2, 0.25) is 5.02 Å². The van der Waals surface area contributed by atoms with Gasteiger partial charge >= 0.3 is 0 Å². The van der Waals surface area contributed by atoms with Gasteiger partial charge in [-0.15, -0.1) is 0 Å². The van der Waals surface area contributed by atoms with E-state index in [0.717, 1.165) is 16.8 Å². The zero-order valence-electron chi connectivity index (χ0n) is 10.9. The Balaban J connectivity index is 2.49. The molecule has 0 fully saturated rings. The number of aryl methyl sites for hydroxylation is 1. The van der Waals surface area contributed by atoms with Gasteiger partial charge in [0.15, 0.2) is 0 Å². The van der Waals surface area contributed by atoms with Crippen molar-refractivity contribution < 1.29 is 4.74 Å². The van der Waals surface area contributed by atoms with Crippen LogP contribution in [0, 0.1) is 6.92 Å². The summed E-state index contributed by atoms with van der Waals surface area (Å²) in [6.45, 7) is 1.98. The molecule has 0 aliphatic rings. The van der Waals surface area contributed by atoms with Gasteiger partial charge in [-0.3, -0.25) is 10.8 Å². The van der Waals surface area contributed by atoms with E-state index in [9.17, 15) is 0 Å². The lowest BCUT2D eigenvalue weighted by molar-refractivity contribution is 0.400. The average Bonchev–Trinajstić information content (AvgIpc) is 2.39. The number of benzene rings is 1. The molecule has 1 heterocycles. The molecule has 0 saturated carbocycles. The van der Waals surface area contributed by atoms with Gasteiger partial charge in [-0.05, 0) is 42.3 Å². The van der Waals surface area contributed by atoms with Gasteiger partial charge in [0.2, 0.25) is 0 Å². The molecule has 0 bridgehead atoms. The Kier molecular flexibility index (Phi) is 4.37. The number of halogens is 1. The highest BCUT2D eigenvalue weighted by Gasteiger charge is 2.18. The fourth-order valence-corrected chi connectivity index (χ4v) is 2.35. The van der Waals surface area contributed by atoms with Crippen LogP contribution in [0.3, 0.4) is 0 Å². The molecule has 0 spiro atoms. The highest BCUT2D eigenvalue weighted by molar-refractivity contribution is 6.30. The first kappa shape index (κ1) is 13.8. The van der Waals surface area contributed by atoms with Gasteiger partial charge in [0, 0.05) is 11.2 Å². The van der Waals surface area contributed by atoms with Crippen LogP contribution in [-0.2, 0) is 0 Å². The Morgan fingerprint density at radius 3 is 2.79 bits per heavy atom. The smallest absolute Gasteiger partial charge is 0.142 e. The van der Waals surface area contributed by atoms with Crippen molar-refractivity contribution >= 4 is 11.6 Å². The molecule has 0 amide bonds. The van der Waals surface area contributed by atoms with Crippen LogP contribution in [0.25, 0.3) is 0 Å². The number of nitrogens with one attached hydrogen (secondary N) is 1. The Labute approximate surface area is 117 Å². The molecular formula is C14H16ClN3O. The summed E-state index contributed by atoms with van der Waals surface area (Å²) < 4.78 is 5.32. The molecule has 3 N–H and O–H groups in total. The first-order valence-electron chi connectivity index (χ1n) is 5.88. The monoisotopic (exact) mass is 277 g/mol. The van der Waals surface area contributed by atoms with E-state index in [-0.39, 0.29) is 6.04 Å². The molecule has 1 aromatic carbocycles. The van der Waals surface area contributed by atoms with Crippen molar-refractivity contribution in [1.29, 1.82) is 0 Å². The molecule has 2 rings (SSSR count). The van der Waals surface area contributed by atoms with E-state index >= 15 is 0 Å². The van der Waals surface area contributed by atoms with E-state index < -0.39 is 0 Å². The van der Waals surface area contributed by atoms with E-state index in [1.54, 1.807) is 13.3 Å². The second-order valence-electron chi connectivity index (χ2n) is 4.25. The zero-order valence-corrected chi connectivity index (χ0v) is 11.6. The molecule has 1 aromatic heterocycles. The Morgan fingerprint density at radius 2 is 2.16 bits per heavy atom. The maximum Gasteiger partial charge on any atom is 0.142 e. The molecule has 2 aromatic rings. The van der Waals surface area contributed by atoms with Crippen molar-refractivity contribution in [1.82, 2.24) is 10.4 Å². The van der Waals surface area contributed by atoms with Gasteiger partial charge in [-0.25, -0.2) is 5.43 Å². The van der Waals surface area contributed by atoms with Crippen molar-refractivity contribution in [2.45, 2.75) is 13.0 Å². The molecule has 0 aliphatic heterocycles. The Bertz CT molecular complexity index is 554. The van der Waals surface area contributed by atoms with Crippen LogP contribution in [0.15, 0.2) is 36.5 Å². The molecule has 0 radical (unpaired) electrons. The van der Waals surface area contributed by atoms with E-state index in [1.807, 2.05) is 37.3 Å².